The van der Waals surface area contributed by atoms with Crippen molar-refractivity contribution in [3.63, 3.8) is 0 Å². The number of piperidine rings is 1. The summed E-state index contributed by atoms with van der Waals surface area (Å²) in [6, 6.07) is -9.25. The third-order valence-electron chi connectivity index (χ3n) is 24.9. The highest BCUT2D eigenvalue weighted by molar-refractivity contribution is 6.21. The number of nitrogens with one attached hydrogen (secondary N) is 3. The highest BCUT2D eigenvalue weighted by atomic mass is 35.5. The van der Waals surface area contributed by atoms with E-state index in [4.69, 9.17) is 16.3 Å². The van der Waals surface area contributed by atoms with Crippen molar-refractivity contribution in [1.29, 1.82) is 0 Å². The molecule has 0 aromatic heterocycles. The predicted molar refractivity (Wildman–Crippen MR) is 399 cm³/mol. The van der Waals surface area contributed by atoms with Crippen LogP contribution in [0.5, 0.6) is 0 Å². The second kappa shape index (κ2) is 37.9. The van der Waals surface area contributed by atoms with Gasteiger partial charge < -0.3 is 64.8 Å². The van der Waals surface area contributed by atoms with E-state index in [1.54, 1.807) is 18.9 Å². The largest absolute Gasteiger partial charge is 0.393 e. The zero-order valence-corrected chi connectivity index (χ0v) is 67.5. The van der Waals surface area contributed by atoms with E-state index in [-0.39, 0.29) is 108 Å². The number of nitrogens with zero attached hydrogens (tertiary/aromatic N) is 9. The summed E-state index contributed by atoms with van der Waals surface area (Å²) < 4.78 is 47.9. The molecule has 0 aromatic carbocycles. The molecule has 3 unspecified atom stereocenters. The van der Waals surface area contributed by atoms with Crippen LogP contribution in [0.3, 0.4) is 0 Å². The van der Waals surface area contributed by atoms with Gasteiger partial charge in [0.25, 0.3) is 0 Å². The molecular weight excluding hydrogens is 1410 g/mol. The summed E-state index contributed by atoms with van der Waals surface area (Å²) in [5, 5.41) is 7.65. The fourth-order valence-corrected chi connectivity index (χ4v) is 18.4. The van der Waals surface area contributed by atoms with Gasteiger partial charge in [0.05, 0.1) is 25.6 Å². The van der Waals surface area contributed by atoms with Crippen LogP contribution in [0.15, 0.2) is 11.1 Å². The van der Waals surface area contributed by atoms with Crippen LogP contribution in [-0.2, 0) is 62.3 Å². The molecule has 3 N–H and O–H groups in total. The fourth-order valence-electron chi connectivity index (χ4n) is 17.8. The van der Waals surface area contributed by atoms with E-state index < -0.39 is 167 Å². The number of carbonyl (C=O) groups excluding carboxylic acids is 12. The van der Waals surface area contributed by atoms with E-state index in [9.17, 15) is 41.9 Å². The van der Waals surface area contributed by atoms with Crippen LogP contribution in [0.4, 0.5) is 13.2 Å². The topological polar surface area (TPSA) is 279 Å². The molecule has 7 rings (SSSR count). The first-order chi connectivity index (χ1) is 50.2. The second-order valence-electron chi connectivity index (χ2n) is 33.6. The minimum absolute atomic E-state index is 0.00117. The predicted octanol–water partition coefficient (Wildman–Crippen LogP) is 7.30. The van der Waals surface area contributed by atoms with Crippen molar-refractivity contribution in [2.45, 2.75) is 274 Å². The van der Waals surface area contributed by atoms with E-state index in [0.29, 0.717) is 63.7 Å². The zero-order chi connectivity index (χ0) is 79.5. The van der Waals surface area contributed by atoms with Gasteiger partial charge in [-0.15, -0.1) is 11.6 Å². The van der Waals surface area contributed by atoms with Crippen LogP contribution >= 0.6 is 11.6 Å². The van der Waals surface area contributed by atoms with Gasteiger partial charge >= 0.3 is 6.18 Å². The molecule has 0 radical (unpaired) electrons. The maximum atomic E-state index is 15.7. The molecular formula is C78H126ClF3N12O13. The third-order valence-corrected chi connectivity index (χ3v) is 25.4. The molecule has 12 atom stereocenters. The number of carbonyl (C=O) groups is 12. The molecule has 1 spiro atoms. The third kappa shape index (κ3) is 21.9. The lowest BCUT2D eigenvalue weighted by atomic mass is 9.58. The number of allylic oxidation sites excluding steroid dienone is 1. The quantitative estimate of drug-likeness (QED) is 0.121. The summed E-state index contributed by atoms with van der Waals surface area (Å²) in [4.78, 5) is 193. The number of ether oxygens (including phenoxy) is 1. The first-order valence-corrected chi connectivity index (χ1v) is 39.8. The van der Waals surface area contributed by atoms with Gasteiger partial charge in [-0.1, -0.05) is 105 Å². The highest BCUT2D eigenvalue weighted by Gasteiger charge is 2.59. The maximum Gasteiger partial charge on any atom is 0.393 e. The number of amides is 12. The van der Waals surface area contributed by atoms with Crippen molar-refractivity contribution in [3.05, 3.63) is 11.1 Å². The van der Waals surface area contributed by atoms with Crippen molar-refractivity contribution in [3.8, 4) is 0 Å². The van der Waals surface area contributed by atoms with Crippen LogP contribution in [0.1, 0.15) is 209 Å². The van der Waals surface area contributed by atoms with Gasteiger partial charge in [0.15, 0.2) is 0 Å². The maximum absolute atomic E-state index is 15.7. The van der Waals surface area contributed by atoms with Crippen molar-refractivity contribution in [1.82, 2.24) is 60.0 Å². The van der Waals surface area contributed by atoms with Crippen LogP contribution in [0.25, 0.3) is 0 Å². The summed E-state index contributed by atoms with van der Waals surface area (Å²) in [5.74, 6) is -9.66. The van der Waals surface area contributed by atoms with E-state index >= 15 is 28.8 Å². The molecule has 12 amide bonds. The van der Waals surface area contributed by atoms with Gasteiger partial charge in [-0.25, -0.2) is 0 Å². The molecule has 4 aliphatic carbocycles. The molecule has 0 aromatic rings. The number of fused-ring (bicyclic) bond motifs is 4. The van der Waals surface area contributed by atoms with Crippen molar-refractivity contribution in [2.24, 2.45) is 40.9 Å². The molecule has 3 aliphatic heterocycles. The molecule has 2 bridgehead atoms. The summed E-state index contributed by atoms with van der Waals surface area (Å²) in [5.41, 5.74) is 0.254. The van der Waals surface area contributed by atoms with Crippen LogP contribution < -0.4 is 16.0 Å². The van der Waals surface area contributed by atoms with Gasteiger partial charge in [0.1, 0.15) is 47.8 Å². The van der Waals surface area contributed by atoms with Crippen molar-refractivity contribution >= 4 is 82.5 Å². The Morgan fingerprint density at radius 3 is 1.89 bits per heavy atom. The Bertz CT molecular complexity index is 3230. The lowest BCUT2D eigenvalue weighted by Gasteiger charge is -2.54. The highest BCUT2D eigenvalue weighted by Crippen LogP contribution is 2.50. The molecule has 29 heteroatoms. The first kappa shape index (κ1) is 87.6. The lowest BCUT2D eigenvalue weighted by molar-refractivity contribution is -0.182. The fraction of sp³-hybridized carbons (Fsp3) is 0.821. The number of hydrogen-bond donors (Lipinski definition) is 3. The Morgan fingerprint density at radius 1 is 0.654 bits per heavy atom. The number of alkyl halides is 4. The standard InChI is InChI=1S/C78H126ClF3N12O13/c1-17-48(5)66-73(104)88(11)43-65(98)89(12)54-30-29-52-40-53(52)35-37-93(64(97)41-54)60(39-50-25-23-47(4)24-26-50)72(103)87(10)42-62(95)83-57(32-28-49-27-31-55(56(79)38-49)78(80,81)82)70(101)94-36-21-20-22-58(94)69(100)85-77(45-76(6,7)46-77)75(106)92(15)67(51(18-2)19-3)74(105)91(14)59(71(102)86(8)9)33-34-63(96)90(13)61(44-107-16)68(99)84-66/h47-51,54-61,66-67H,17-46H2,1-16H3,(H,83,95)(H,84,99)(H,85,100)/t47?,48-,49?,50?,54-,55?,56?,57-,58-,59-,60-,61-,66-,67-/m0/s1. The molecule has 3 saturated carbocycles. The number of halogens is 4. The smallest absolute Gasteiger partial charge is 0.382 e. The van der Waals surface area contributed by atoms with E-state index in [0.717, 1.165) is 37.7 Å². The van der Waals surface area contributed by atoms with Crippen molar-refractivity contribution in [2.75, 3.05) is 96.3 Å². The average Bonchev–Trinajstić information content (AvgIpc) is 1.62. The Morgan fingerprint density at radius 2 is 1.29 bits per heavy atom. The zero-order valence-electron chi connectivity index (χ0n) is 66.7. The van der Waals surface area contributed by atoms with Crippen LogP contribution in [-0.4, -0.2) is 277 Å². The minimum Gasteiger partial charge on any atom is -0.382 e. The van der Waals surface area contributed by atoms with Crippen LogP contribution in [0, 0.1) is 40.9 Å². The van der Waals surface area contributed by atoms with Crippen molar-refractivity contribution < 1.29 is 75.4 Å². The molecule has 5 fully saturated rings. The Hall–Kier alpha value is -6.58. The summed E-state index contributed by atoms with van der Waals surface area (Å²) in [7, 11) is 13.2. The molecule has 2 saturated heterocycles. The summed E-state index contributed by atoms with van der Waals surface area (Å²) in [6.45, 7) is 12.4. The van der Waals surface area contributed by atoms with Gasteiger partial charge in [0, 0.05) is 101 Å². The summed E-state index contributed by atoms with van der Waals surface area (Å²) in [6.07, 6.45) is 3.36. The Balaban J connectivity index is 1.30. The lowest BCUT2D eigenvalue weighted by Crippen LogP contribution is -2.72. The van der Waals surface area contributed by atoms with E-state index in [1.807, 2.05) is 34.6 Å². The van der Waals surface area contributed by atoms with Gasteiger partial charge in [-0.3, -0.25) is 57.5 Å². The number of methoxy groups -OCH3 is 1. The number of rotatable bonds is 13. The van der Waals surface area contributed by atoms with Gasteiger partial charge in [0.2, 0.25) is 70.9 Å². The molecule has 7 aliphatic rings. The normalized spacial score (nSPS) is 30.8. The van der Waals surface area contributed by atoms with Gasteiger partial charge in [-0.2, -0.15) is 13.2 Å². The average molecular weight is 1530 g/mol. The molecule has 107 heavy (non-hydrogen) atoms. The molecule has 604 valence electrons. The number of likely N-dealkylation sites (N-methyl/N-ethyl adjacent to an activating group) is 7. The minimum atomic E-state index is -4.52. The summed E-state index contributed by atoms with van der Waals surface area (Å²) >= 11 is 6.47. The molecule has 3 heterocycles. The number of hydrogen-bond acceptors (Lipinski definition) is 13. The van der Waals surface area contributed by atoms with Crippen LogP contribution in [0.2, 0.25) is 0 Å². The van der Waals surface area contributed by atoms with E-state index in [1.165, 1.54) is 101 Å². The van der Waals surface area contributed by atoms with Gasteiger partial charge in [-0.05, 0) is 138 Å². The first-order valence-electron chi connectivity index (χ1n) is 39.4. The SMILES string of the molecule is CCC(CC)[C@H]1C(=O)N(C)[C@H](C(=O)N(C)C)CCC(=O)N(C)[C@@H](COC)C(=O)N[C@@H]([C@@H](C)CC)C(=O)N(C)CC(=O)N(C)[C@H]2CCC3=C(CCN(C(=O)C2)[C@@H](CC2CCC(C)CC2)C(=O)N(C)CC(=O)N[C@@H](CCC2CCC(C(F)(F)F)C(Cl)C2)C(=O)N2CCCC[C@H]2C(=O)NC2(CC(C)(C)C2)C(=O)N1C)C3. The Labute approximate surface area is 637 Å². The monoisotopic (exact) mass is 1530 g/mol. The molecule has 25 nitrogen and oxygen atoms in total. The Kier molecular flexibility index (Phi) is 31.0. The van der Waals surface area contributed by atoms with E-state index in [2.05, 4.69) is 22.9 Å². The second-order valence-corrected chi connectivity index (χ2v) is 34.1.